The van der Waals surface area contributed by atoms with E-state index < -0.39 is 15.8 Å². The zero-order chi connectivity index (χ0) is 21.7. The van der Waals surface area contributed by atoms with E-state index in [1.165, 1.54) is 61.9 Å². The average molecular weight is 410 g/mol. The molecular formula is C19H14N4O7. The SMILES string of the molecule is COc1ccc(-c2ccc(/C=N\NC(=O)c3ccccc3[N+](=O)[O-])o2)c([N+](=O)[O-])c1. The maximum absolute atomic E-state index is 12.1. The van der Waals surface area contributed by atoms with Crippen LogP contribution in [-0.4, -0.2) is 29.1 Å². The summed E-state index contributed by atoms with van der Waals surface area (Å²) in [7, 11) is 1.40. The lowest BCUT2D eigenvalue weighted by atomic mass is 10.1. The van der Waals surface area contributed by atoms with E-state index in [0.717, 1.165) is 0 Å². The second-order valence-corrected chi connectivity index (χ2v) is 5.82. The van der Waals surface area contributed by atoms with Crippen LogP contribution in [-0.2, 0) is 0 Å². The third-order valence-electron chi connectivity index (χ3n) is 4.00. The van der Waals surface area contributed by atoms with Crippen LogP contribution in [0, 0.1) is 20.2 Å². The number of nitrogens with zero attached hydrogens (tertiary/aromatic N) is 3. The number of ether oxygens (including phenoxy) is 1. The number of hydrazone groups is 1. The molecule has 1 aromatic heterocycles. The Balaban J connectivity index is 1.77. The van der Waals surface area contributed by atoms with Crippen molar-refractivity contribution in [3.05, 3.63) is 86.1 Å². The first-order chi connectivity index (χ1) is 14.4. The van der Waals surface area contributed by atoms with Crippen molar-refractivity contribution in [1.29, 1.82) is 0 Å². The lowest BCUT2D eigenvalue weighted by Gasteiger charge is -2.03. The van der Waals surface area contributed by atoms with Crippen LogP contribution in [0.2, 0.25) is 0 Å². The predicted molar refractivity (Wildman–Crippen MR) is 106 cm³/mol. The van der Waals surface area contributed by atoms with Gasteiger partial charge in [-0.15, -0.1) is 0 Å². The van der Waals surface area contributed by atoms with Gasteiger partial charge in [-0.2, -0.15) is 5.10 Å². The van der Waals surface area contributed by atoms with Crippen LogP contribution in [0.3, 0.4) is 0 Å². The number of para-hydroxylation sites is 1. The predicted octanol–water partition coefficient (Wildman–Crippen LogP) is 3.54. The molecule has 0 unspecified atom stereocenters. The summed E-state index contributed by atoms with van der Waals surface area (Å²) in [5, 5.41) is 26.0. The van der Waals surface area contributed by atoms with Crippen molar-refractivity contribution in [2.45, 2.75) is 0 Å². The number of amides is 1. The molecule has 0 atom stereocenters. The molecule has 0 radical (unpaired) electrons. The lowest BCUT2D eigenvalue weighted by Crippen LogP contribution is -2.18. The molecule has 1 heterocycles. The number of carbonyl (C=O) groups is 1. The van der Waals surface area contributed by atoms with Crippen LogP contribution < -0.4 is 10.2 Å². The summed E-state index contributed by atoms with van der Waals surface area (Å²) in [6.07, 6.45) is 1.17. The molecule has 0 bridgehead atoms. The summed E-state index contributed by atoms with van der Waals surface area (Å²) in [6, 6.07) is 12.8. The number of benzene rings is 2. The van der Waals surface area contributed by atoms with Gasteiger partial charge in [-0.3, -0.25) is 25.0 Å². The zero-order valence-electron chi connectivity index (χ0n) is 15.5. The largest absolute Gasteiger partial charge is 0.497 e. The van der Waals surface area contributed by atoms with Crippen molar-refractivity contribution in [3.63, 3.8) is 0 Å². The van der Waals surface area contributed by atoms with Crippen LogP contribution >= 0.6 is 0 Å². The number of hydrogen-bond acceptors (Lipinski definition) is 8. The summed E-state index contributed by atoms with van der Waals surface area (Å²) >= 11 is 0. The van der Waals surface area contributed by atoms with Gasteiger partial charge in [0.2, 0.25) is 0 Å². The average Bonchev–Trinajstić information content (AvgIpc) is 3.21. The molecule has 1 amide bonds. The molecule has 152 valence electrons. The summed E-state index contributed by atoms with van der Waals surface area (Å²) in [5.41, 5.74) is 1.73. The molecule has 0 aliphatic heterocycles. The Labute approximate surface area is 168 Å². The molecule has 2 aromatic carbocycles. The van der Waals surface area contributed by atoms with E-state index in [1.807, 2.05) is 0 Å². The van der Waals surface area contributed by atoms with Crippen molar-refractivity contribution in [2.75, 3.05) is 7.11 Å². The molecule has 11 nitrogen and oxygen atoms in total. The molecular weight excluding hydrogens is 396 g/mol. The Bertz CT molecular complexity index is 1150. The molecule has 11 heteroatoms. The fraction of sp³-hybridized carbons (Fsp3) is 0.0526. The van der Waals surface area contributed by atoms with Gasteiger partial charge < -0.3 is 9.15 Å². The van der Waals surface area contributed by atoms with Crippen molar-refractivity contribution in [3.8, 4) is 17.1 Å². The number of hydrogen-bond donors (Lipinski definition) is 1. The second-order valence-electron chi connectivity index (χ2n) is 5.82. The minimum Gasteiger partial charge on any atom is -0.497 e. The smallest absolute Gasteiger partial charge is 0.284 e. The molecule has 0 fully saturated rings. The summed E-state index contributed by atoms with van der Waals surface area (Å²) in [5.74, 6) is -0.0126. The first-order valence-electron chi connectivity index (χ1n) is 8.40. The molecule has 0 saturated heterocycles. The van der Waals surface area contributed by atoms with E-state index in [9.17, 15) is 25.0 Å². The Kier molecular flexibility index (Phi) is 5.82. The standard InChI is InChI=1S/C19H14N4O7/c1-29-12-6-8-14(17(10-12)23(27)28)18-9-7-13(30-18)11-20-21-19(24)15-4-2-3-5-16(15)22(25)26/h2-11H,1H3,(H,21,24)/b20-11-. The number of furan rings is 1. The van der Waals surface area contributed by atoms with E-state index in [-0.39, 0.29) is 34.0 Å². The highest BCUT2D eigenvalue weighted by Crippen LogP contribution is 2.33. The topological polar surface area (TPSA) is 150 Å². The van der Waals surface area contributed by atoms with Gasteiger partial charge in [0.25, 0.3) is 17.3 Å². The van der Waals surface area contributed by atoms with E-state index >= 15 is 0 Å². The summed E-state index contributed by atoms with van der Waals surface area (Å²) < 4.78 is 10.5. The number of methoxy groups -OCH3 is 1. The van der Waals surface area contributed by atoms with Gasteiger partial charge in [0, 0.05) is 6.07 Å². The highest BCUT2D eigenvalue weighted by Gasteiger charge is 2.20. The number of carbonyl (C=O) groups excluding carboxylic acids is 1. The fourth-order valence-electron chi connectivity index (χ4n) is 2.60. The van der Waals surface area contributed by atoms with Gasteiger partial charge in [0.15, 0.2) is 0 Å². The van der Waals surface area contributed by atoms with Gasteiger partial charge in [-0.1, -0.05) is 12.1 Å². The monoisotopic (exact) mass is 410 g/mol. The minimum absolute atomic E-state index is 0.145. The van der Waals surface area contributed by atoms with Crippen molar-refractivity contribution < 1.29 is 23.8 Å². The van der Waals surface area contributed by atoms with E-state index in [2.05, 4.69) is 10.5 Å². The van der Waals surface area contributed by atoms with Crippen LogP contribution in [0.5, 0.6) is 5.75 Å². The van der Waals surface area contributed by atoms with E-state index in [4.69, 9.17) is 9.15 Å². The van der Waals surface area contributed by atoms with E-state index in [1.54, 1.807) is 6.07 Å². The minimum atomic E-state index is -0.767. The summed E-state index contributed by atoms with van der Waals surface area (Å²) in [6.45, 7) is 0. The number of nitro groups is 2. The Hall–Kier alpha value is -4.54. The van der Waals surface area contributed by atoms with Crippen molar-refractivity contribution in [2.24, 2.45) is 5.10 Å². The highest BCUT2D eigenvalue weighted by atomic mass is 16.6. The van der Waals surface area contributed by atoms with Gasteiger partial charge in [-0.25, -0.2) is 5.43 Å². The molecule has 1 N–H and O–H groups in total. The van der Waals surface area contributed by atoms with Gasteiger partial charge in [-0.05, 0) is 30.3 Å². The Morgan fingerprint density at radius 1 is 1.07 bits per heavy atom. The van der Waals surface area contributed by atoms with Crippen molar-refractivity contribution in [1.82, 2.24) is 5.43 Å². The molecule has 0 spiro atoms. The third-order valence-corrected chi connectivity index (χ3v) is 4.00. The van der Waals surface area contributed by atoms with Crippen LogP contribution in [0.1, 0.15) is 16.1 Å². The first kappa shape index (κ1) is 20.2. The normalized spacial score (nSPS) is 10.7. The molecule has 30 heavy (non-hydrogen) atoms. The van der Waals surface area contributed by atoms with E-state index in [0.29, 0.717) is 5.75 Å². The zero-order valence-corrected chi connectivity index (χ0v) is 15.5. The van der Waals surface area contributed by atoms with Gasteiger partial charge in [0.05, 0.1) is 34.8 Å². The quantitative estimate of drug-likeness (QED) is 0.355. The molecule has 0 aliphatic rings. The fourth-order valence-corrected chi connectivity index (χ4v) is 2.60. The molecule has 0 saturated carbocycles. The highest BCUT2D eigenvalue weighted by molar-refractivity contribution is 5.98. The Morgan fingerprint density at radius 3 is 2.50 bits per heavy atom. The maximum Gasteiger partial charge on any atom is 0.284 e. The van der Waals surface area contributed by atoms with Gasteiger partial charge >= 0.3 is 0 Å². The summed E-state index contributed by atoms with van der Waals surface area (Å²) in [4.78, 5) is 33.2. The lowest BCUT2D eigenvalue weighted by molar-refractivity contribution is -0.385. The number of rotatable bonds is 7. The van der Waals surface area contributed by atoms with Crippen LogP contribution in [0.4, 0.5) is 11.4 Å². The Morgan fingerprint density at radius 2 is 1.80 bits per heavy atom. The van der Waals surface area contributed by atoms with Crippen LogP contribution in [0.15, 0.2) is 64.1 Å². The molecule has 0 aliphatic carbocycles. The number of nitrogens with one attached hydrogen (secondary N) is 1. The van der Waals surface area contributed by atoms with Gasteiger partial charge in [0.1, 0.15) is 22.8 Å². The molecule has 3 aromatic rings. The maximum atomic E-state index is 12.1. The van der Waals surface area contributed by atoms with Crippen molar-refractivity contribution >= 4 is 23.5 Å². The first-order valence-corrected chi connectivity index (χ1v) is 8.40. The molecule has 3 rings (SSSR count). The third kappa shape index (κ3) is 4.30. The van der Waals surface area contributed by atoms with Crippen LogP contribution in [0.25, 0.3) is 11.3 Å². The number of nitro benzene ring substituents is 2. The second kappa shape index (κ2) is 8.65.